The number of hydrogen-bond acceptors (Lipinski definition) is 2. The summed E-state index contributed by atoms with van der Waals surface area (Å²) in [5, 5.41) is 3.57. The van der Waals surface area contributed by atoms with Crippen molar-refractivity contribution in [1.82, 2.24) is 10.2 Å². The molecule has 1 saturated heterocycles. The lowest BCUT2D eigenvalue weighted by Gasteiger charge is -2.33. The minimum absolute atomic E-state index is 0. The molecule has 0 saturated carbocycles. The molecule has 1 N–H and O–H groups in total. The fourth-order valence-corrected chi connectivity index (χ4v) is 3.50. The van der Waals surface area contributed by atoms with E-state index in [1.54, 1.807) is 0 Å². The van der Waals surface area contributed by atoms with Gasteiger partial charge in [-0.3, -0.25) is 0 Å². The first kappa shape index (κ1) is 22.7. The summed E-state index contributed by atoms with van der Waals surface area (Å²) in [5.74, 6) is 1.37. The Kier molecular flexibility index (Phi) is 9.25. The van der Waals surface area contributed by atoms with Crippen molar-refractivity contribution in [1.29, 1.82) is 0 Å². The van der Waals surface area contributed by atoms with Crippen LogP contribution in [0.1, 0.15) is 35.6 Å². The SMILES string of the molecule is Cc1ccc(C2OCCCC2CNC(=NCc2ccccc2)N(C)C)cc1.I. The van der Waals surface area contributed by atoms with Gasteiger partial charge in [-0.2, -0.15) is 0 Å². The molecule has 152 valence electrons. The van der Waals surface area contributed by atoms with Crippen LogP contribution in [0.2, 0.25) is 0 Å². The van der Waals surface area contributed by atoms with Crippen LogP contribution in [0.15, 0.2) is 59.6 Å². The van der Waals surface area contributed by atoms with Gasteiger partial charge in [0.2, 0.25) is 0 Å². The van der Waals surface area contributed by atoms with Gasteiger partial charge < -0.3 is 15.0 Å². The molecule has 28 heavy (non-hydrogen) atoms. The van der Waals surface area contributed by atoms with Crippen LogP contribution in [0.3, 0.4) is 0 Å². The number of nitrogens with one attached hydrogen (secondary N) is 1. The lowest BCUT2D eigenvalue weighted by atomic mass is 9.89. The van der Waals surface area contributed by atoms with Crippen LogP contribution in [0.4, 0.5) is 0 Å². The number of hydrogen-bond donors (Lipinski definition) is 1. The van der Waals surface area contributed by atoms with E-state index < -0.39 is 0 Å². The number of halogens is 1. The van der Waals surface area contributed by atoms with Crippen LogP contribution in [0.25, 0.3) is 0 Å². The molecule has 2 aromatic rings. The zero-order valence-corrected chi connectivity index (χ0v) is 19.4. The first-order valence-corrected chi connectivity index (χ1v) is 9.81. The number of guanidine groups is 1. The molecule has 0 radical (unpaired) electrons. The van der Waals surface area contributed by atoms with Crippen molar-refractivity contribution >= 4 is 29.9 Å². The molecule has 0 amide bonds. The van der Waals surface area contributed by atoms with E-state index in [0.29, 0.717) is 12.5 Å². The highest BCUT2D eigenvalue weighted by Crippen LogP contribution is 2.33. The molecule has 3 rings (SSSR count). The van der Waals surface area contributed by atoms with E-state index in [4.69, 9.17) is 9.73 Å². The fraction of sp³-hybridized carbons (Fsp3) is 0.435. The first-order chi connectivity index (χ1) is 13.1. The highest BCUT2D eigenvalue weighted by Gasteiger charge is 2.27. The summed E-state index contributed by atoms with van der Waals surface area (Å²) in [4.78, 5) is 6.83. The van der Waals surface area contributed by atoms with Gasteiger partial charge in [0.05, 0.1) is 12.6 Å². The smallest absolute Gasteiger partial charge is 0.193 e. The number of aryl methyl sites for hydroxylation is 1. The van der Waals surface area contributed by atoms with E-state index in [0.717, 1.165) is 25.5 Å². The standard InChI is InChI=1S/C23H31N3O.HI/c1-18-11-13-20(14-12-18)22-21(10-7-15-27-22)17-25-23(26(2)3)24-16-19-8-5-4-6-9-19;/h4-6,8-9,11-14,21-22H,7,10,15-17H2,1-3H3,(H,24,25);1H. The molecule has 2 unspecified atom stereocenters. The number of nitrogens with zero attached hydrogens (tertiary/aromatic N) is 2. The molecule has 0 spiro atoms. The Balaban J connectivity index is 0.00000280. The van der Waals surface area contributed by atoms with Crippen molar-refractivity contribution < 1.29 is 4.74 Å². The molecular formula is C23H32IN3O. The highest BCUT2D eigenvalue weighted by atomic mass is 127. The summed E-state index contributed by atoms with van der Waals surface area (Å²) in [6.07, 6.45) is 2.45. The van der Waals surface area contributed by atoms with Gasteiger partial charge in [0.15, 0.2) is 5.96 Å². The zero-order valence-electron chi connectivity index (χ0n) is 17.1. The molecule has 5 heteroatoms. The van der Waals surface area contributed by atoms with Crippen molar-refractivity contribution in [3.05, 3.63) is 71.3 Å². The third-order valence-electron chi connectivity index (χ3n) is 5.05. The molecular weight excluding hydrogens is 461 g/mol. The number of benzene rings is 2. The van der Waals surface area contributed by atoms with Crippen LogP contribution >= 0.6 is 24.0 Å². The second-order valence-corrected chi connectivity index (χ2v) is 7.51. The summed E-state index contributed by atoms with van der Waals surface area (Å²) in [7, 11) is 4.07. The van der Waals surface area contributed by atoms with Crippen LogP contribution < -0.4 is 5.32 Å². The summed E-state index contributed by atoms with van der Waals surface area (Å²) >= 11 is 0. The van der Waals surface area contributed by atoms with Crippen LogP contribution in [-0.4, -0.2) is 38.1 Å². The van der Waals surface area contributed by atoms with Crippen LogP contribution in [0.5, 0.6) is 0 Å². The number of aliphatic imine (C=N–C) groups is 1. The predicted molar refractivity (Wildman–Crippen MR) is 127 cm³/mol. The Hall–Kier alpha value is -1.60. The maximum atomic E-state index is 6.15. The Labute approximate surface area is 186 Å². The van der Waals surface area contributed by atoms with E-state index in [-0.39, 0.29) is 30.1 Å². The molecule has 1 aliphatic rings. The third kappa shape index (κ3) is 6.48. The van der Waals surface area contributed by atoms with Gasteiger partial charge in [0.1, 0.15) is 0 Å². The monoisotopic (exact) mass is 493 g/mol. The number of ether oxygens (including phenoxy) is 1. The van der Waals surface area contributed by atoms with Crippen molar-refractivity contribution in [2.24, 2.45) is 10.9 Å². The van der Waals surface area contributed by atoms with Crippen molar-refractivity contribution in [3.63, 3.8) is 0 Å². The van der Waals surface area contributed by atoms with Crippen LogP contribution in [0, 0.1) is 12.8 Å². The summed E-state index contributed by atoms with van der Waals surface area (Å²) in [5.41, 5.74) is 3.78. The van der Waals surface area contributed by atoms with E-state index in [1.807, 2.05) is 25.1 Å². The van der Waals surface area contributed by atoms with E-state index >= 15 is 0 Å². The number of rotatable bonds is 5. The van der Waals surface area contributed by atoms with Gasteiger partial charge >= 0.3 is 0 Å². The minimum atomic E-state index is 0. The Morgan fingerprint density at radius 1 is 1.11 bits per heavy atom. The molecule has 2 atom stereocenters. The maximum absolute atomic E-state index is 6.15. The lowest BCUT2D eigenvalue weighted by molar-refractivity contribution is -0.0266. The summed E-state index contributed by atoms with van der Waals surface area (Å²) in [6.45, 7) is 4.52. The van der Waals surface area contributed by atoms with Gasteiger partial charge in [0.25, 0.3) is 0 Å². The van der Waals surface area contributed by atoms with Crippen molar-refractivity contribution in [2.75, 3.05) is 27.2 Å². The average molecular weight is 493 g/mol. The Bertz CT molecular complexity index is 731. The largest absolute Gasteiger partial charge is 0.373 e. The second-order valence-electron chi connectivity index (χ2n) is 7.51. The topological polar surface area (TPSA) is 36.9 Å². The molecule has 4 nitrogen and oxygen atoms in total. The molecule has 0 aliphatic carbocycles. The first-order valence-electron chi connectivity index (χ1n) is 9.81. The maximum Gasteiger partial charge on any atom is 0.193 e. The van der Waals surface area contributed by atoms with Crippen molar-refractivity contribution in [2.45, 2.75) is 32.4 Å². The Morgan fingerprint density at radius 2 is 1.82 bits per heavy atom. The fourth-order valence-electron chi connectivity index (χ4n) is 3.50. The second kappa shape index (κ2) is 11.4. The zero-order chi connectivity index (χ0) is 19.1. The lowest BCUT2D eigenvalue weighted by Crippen LogP contribution is -2.41. The molecule has 2 aromatic carbocycles. The van der Waals surface area contributed by atoms with Gasteiger partial charge in [-0.1, -0.05) is 60.2 Å². The molecule has 1 fully saturated rings. The van der Waals surface area contributed by atoms with Crippen LogP contribution in [-0.2, 0) is 11.3 Å². The normalized spacial score (nSPS) is 19.6. The van der Waals surface area contributed by atoms with Gasteiger partial charge in [-0.15, -0.1) is 24.0 Å². The van der Waals surface area contributed by atoms with Gasteiger partial charge in [0, 0.05) is 33.2 Å². The summed E-state index contributed by atoms with van der Waals surface area (Å²) in [6, 6.07) is 19.1. The minimum Gasteiger partial charge on any atom is -0.373 e. The molecule has 1 heterocycles. The molecule has 1 aliphatic heterocycles. The van der Waals surface area contributed by atoms with E-state index in [1.165, 1.54) is 23.1 Å². The Morgan fingerprint density at radius 3 is 2.50 bits per heavy atom. The van der Waals surface area contributed by atoms with Gasteiger partial charge in [-0.05, 0) is 30.9 Å². The molecule has 0 bridgehead atoms. The highest BCUT2D eigenvalue weighted by molar-refractivity contribution is 14.0. The molecule has 0 aromatic heterocycles. The quantitative estimate of drug-likeness (QED) is 0.370. The summed E-state index contributed by atoms with van der Waals surface area (Å²) < 4.78 is 6.15. The van der Waals surface area contributed by atoms with Gasteiger partial charge in [-0.25, -0.2) is 4.99 Å². The average Bonchev–Trinajstić information content (AvgIpc) is 2.69. The van der Waals surface area contributed by atoms with E-state index in [9.17, 15) is 0 Å². The third-order valence-corrected chi connectivity index (χ3v) is 5.05. The predicted octanol–water partition coefficient (Wildman–Crippen LogP) is 4.79. The van der Waals surface area contributed by atoms with Crippen molar-refractivity contribution in [3.8, 4) is 0 Å². The van der Waals surface area contributed by atoms with E-state index in [2.05, 4.69) is 60.8 Å².